The van der Waals surface area contributed by atoms with E-state index in [1.807, 2.05) is 0 Å². The lowest BCUT2D eigenvalue weighted by molar-refractivity contribution is -0.133. The van der Waals surface area contributed by atoms with Gasteiger partial charge in [-0.15, -0.1) is 0 Å². The van der Waals surface area contributed by atoms with Crippen LogP contribution in [-0.4, -0.2) is 29.1 Å². The molecule has 3 nitrogen and oxygen atoms in total. The van der Waals surface area contributed by atoms with E-state index >= 15 is 0 Å². The zero-order valence-electron chi connectivity index (χ0n) is 14.1. The van der Waals surface area contributed by atoms with Crippen molar-refractivity contribution in [1.82, 2.24) is 10.2 Å². The number of nitrogens with zero attached hydrogens (tertiary/aromatic N) is 1. The summed E-state index contributed by atoms with van der Waals surface area (Å²) in [4.78, 5) is 15.0. The molecule has 1 aliphatic heterocycles. The van der Waals surface area contributed by atoms with Crippen molar-refractivity contribution in [3.63, 3.8) is 0 Å². The summed E-state index contributed by atoms with van der Waals surface area (Å²) >= 11 is 0. The minimum absolute atomic E-state index is 0.0507. The summed E-state index contributed by atoms with van der Waals surface area (Å²) < 4.78 is 0. The van der Waals surface area contributed by atoms with Gasteiger partial charge in [0.05, 0.1) is 12.2 Å². The molecule has 120 valence electrons. The van der Waals surface area contributed by atoms with Gasteiger partial charge in [-0.3, -0.25) is 10.1 Å². The van der Waals surface area contributed by atoms with E-state index in [9.17, 15) is 4.79 Å². The fourth-order valence-corrected chi connectivity index (χ4v) is 5.21. The lowest BCUT2D eigenvalue weighted by Crippen LogP contribution is -2.48. The van der Waals surface area contributed by atoms with Crippen molar-refractivity contribution in [3.05, 3.63) is 0 Å². The summed E-state index contributed by atoms with van der Waals surface area (Å²) in [6.07, 6.45) is 7.88. The molecule has 21 heavy (non-hydrogen) atoms. The first-order valence-electron chi connectivity index (χ1n) is 9.09. The molecule has 2 saturated carbocycles. The summed E-state index contributed by atoms with van der Waals surface area (Å²) in [5.74, 6) is 3.58. The van der Waals surface area contributed by atoms with Crippen molar-refractivity contribution in [2.45, 2.75) is 84.5 Å². The van der Waals surface area contributed by atoms with E-state index in [-0.39, 0.29) is 12.2 Å². The fourth-order valence-electron chi connectivity index (χ4n) is 5.21. The van der Waals surface area contributed by atoms with Gasteiger partial charge in [0.25, 0.3) is 0 Å². The molecule has 1 heterocycles. The zero-order valence-corrected chi connectivity index (χ0v) is 14.1. The van der Waals surface area contributed by atoms with Crippen molar-refractivity contribution in [2.75, 3.05) is 0 Å². The Morgan fingerprint density at radius 3 is 2.52 bits per heavy atom. The fraction of sp³-hybridized carbons (Fsp3) is 0.944. The van der Waals surface area contributed by atoms with Crippen LogP contribution in [0.15, 0.2) is 0 Å². The smallest absolute Gasteiger partial charge is 0.241 e. The third-order valence-corrected chi connectivity index (χ3v) is 6.24. The lowest BCUT2D eigenvalue weighted by atomic mass is 9.83. The molecule has 1 N–H and O–H groups in total. The lowest BCUT2D eigenvalue weighted by Gasteiger charge is -2.38. The molecule has 1 amide bonds. The molecule has 0 radical (unpaired) electrons. The number of hydrogen-bond acceptors (Lipinski definition) is 2. The first-order valence-corrected chi connectivity index (χ1v) is 9.09. The second kappa shape index (κ2) is 5.91. The summed E-state index contributed by atoms with van der Waals surface area (Å²) in [6.45, 7) is 8.95. The monoisotopic (exact) mass is 292 g/mol. The Bertz CT molecular complexity index is 395. The second-order valence-corrected chi connectivity index (χ2v) is 8.10. The standard InChI is InChI=1S/C18H32N2O/c1-5-16-18(21)20(17(19-16)8-11(2)3)12(4)15-10-13-6-7-14(15)9-13/h11-17,19H,5-10H2,1-4H3. The van der Waals surface area contributed by atoms with Gasteiger partial charge in [0.15, 0.2) is 0 Å². The van der Waals surface area contributed by atoms with Crippen LogP contribution in [0.4, 0.5) is 0 Å². The molecule has 3 aliphatic rings. The Kier molecular flexibility index (Phi) is 4.31. The quantitative estimate of drug-likeness (QED) is 0.842. The maximum absolute atomic E-state index is 12.8. The number of nitrogens with one attached hydrogen (secondary N) is 1. The molecule has 2 aliphatic carbocycles. The van der Waals surface area contributed by atoms with Crippen molar-refractivity contribution in [3.8, 4) is 0 Å². The highest BCUT2D eigenvalue weighted by Crippen LogP contribution is 2.50. The molecule has 2 bridgehead atoms. The summed E-state index contributed by atoms with van der Waals surface area (Å²) in [7, 11) is 0. The van der Waals surface area contributed by atoms with E-state index < -0.39 is 0 Å². The maximum atomic E-state index is 12.8. The summed E-state index contributed by atoms with van der Waals surface area (Å²) in [6, 6.07) is 0.468. The Morgan fingerprint density at radius 2 is 2.00 bits per heavy atom. The van der Waals surface area contributed by atoms with Crippen LogP contribution in [0.3, 0.4) is 0 Å². The highest BCUT2D eigenvalue weighted by molar-refractivity contribution is 5.84. The Hall–Kier alpha value is -0.570. The highest BCUT2D eigenvalue weighted by Gasteiger charge is 2.48. The second-order valence-electron chi connectivity index (χ2n) is 8.10. The van der Waals surface area contributed by atoms with E-state index in [2.05, 4.69) is 37.9 Å². The van der Waals surface area contributed by atoms with Gasteiger partial charge >= 0.3 is 0 Å². The van der Waals surface area contributed by atoms with Crippen LogP contribution in [0, 0.1) is 23.7 Å². The average molecular weight is 292 g/mol. The van der Waals surface area contributed by atoms with Crippen LogP contribution in [0.1, 0.15) is 66.2 Å². The van der Waals surface area contributed by atoms with E-state index in [4.69, 9.17) is 0 Å². The molecular formula is C18H32N2O. The topological polar surface area (TPSA) is 32.3 Å². The SMILES string of the molecule is CCC1NC(CC(C)C)N(C(C)C2CC3CCC2C3)C1=O. The zero-order chi connectivity index (χ0) is 15.1. The minimum atomic E-state index is 0.0507. The number of hydrogen-bond donors (Lipinski definition) is 1. The summed E-state index contributed by atoms with van der Waals surface area (Å²) in [5.41, 5.74) is 0. The largest absolute Gasteiger partial charge is 0.323 e. The highest BCUT2D eigenvalue weighted by atomic mass is 16.2. The van der Waals surface area contributed by atoms with E-state index in [1.165, 1.54) is 25.7 Å². The third kappa shape index (κ3) is 2.74. The number of fused-ring (bicyclic) bond motifs is 2. The van der Waals surface area contributed by atoms with Crippen molar-refractivity contribution in [1.29, 1.82) is 0 Å². The van der Waals surface area contributed by atoms with Gasteiger partial charge < -0.3 is 4.90 Å². The van der Waals surface area contributed by atoms with Crippen molar-refractivity contribution >= 4 is 5.91 Å². The molecular weight excluding hydrogens is 260 g/mol. The van der Waals surface area contributed by atoms with Gasteiger partial charge in [0.2, 0.25) is 5.91 Å². The predicted octanol–water partition coefficient (Wildman–Crippen LogP) is 3.39. The van der Waals surface area contributed by atoms with Crippen LogP contribution in [0.25, 0.3) is 0 Å². The number of carbonyl (C=O) groups is 1. The average Bonchev–Trinajstić information content (AvgIpc) is 3.12. The van der Waals surface area contributed by atoms with Gasteiger partial charge in [0.1, 0.15) is 0 Å². The minimum Gasteiger partial charge on any atom is -0.323 e. The van der Waals surface area contributed by atoms with Crippen LogP contribution >= 0.6 is 0 Å². The molecule has 6 atom stereocenters. The van der Waals surface area contributed by atoms with E-state index in [0.717, 1.165) is 30.6 Å². The van der Waals surface area contributed by atoms with Gasteiger partial charge in [-0.2, -0.15) is 0 Å². The maximum Gasteiger partial charge on any atom is 0.241 e. The Balaban J connectivity index is 1.74. The van der Waals surface area contributed by atoms with Crippen LogP contribution < -0.4 is 5.32 Å². The summed E-state index contributed by atoms with van der Waals surface area (Å²) in [5, 5.41) is 3.60. The molecule has 6 unspecified atom stereocenters. The molecule has 3 rings (SSSR count). The van der Waals surface area contributed by atoms with Gasteiger partial charge in [-0.25, -0.2) is 0 Å². The molecule has 3 heteroatoms. The van der Waals surface area contributed by atoms with Crippen LogP contribution in [-0.2, 0) is 4.79 Å². The van der Waals surface area contributed by atoms with Crippen LogP contribution in [0.5, 0.6) is 0 Å². The normalized spacial score (nSPS) is 40.5. The molecule has 0 aromatic carbocycles. The number of rotatable bonds is 5. The van der Waals surface area contributed by atoms with Gasteiger partial charge in [0, 0.05) is 6.04 Å². The molecule has 3 fully saturated rings. The first-order chi connectivity index (χ1) is 10.0. The Morgan fingerprint density at radius 1 is 1.24 bits per heavy atom. The number of amides is 1. The first kappa shape index (κ1) is 15.3. The van der Waals surface area contributed by atoms with E-state index in [0.29, 0.717) is 17.9 Å². The Labute approximate surface area is 129 Å². The molecule has 0 aromatic heterocycles. The van der Waals surface area contributed by atoms with Crippen molar-refractivity contribution < 1.29 is 4.79 Å². The molecule has 0 aromatic rings. The molecule has 0 spiro atoms. The van der Waals surface area contributed by atoms with E-state index in [1.54, 1.807) is 0 Å². The third-order valence-electron chi connectivity index (χ3n) is 6.24. The van der Waals surface area contributed by atoms with Crippen molar-refractivity contribution in [2.24, 2.45) is 23.7 Å². The molecule has 1 saturated heterocycles. The van der Waals surface area contributed by atoms with Gasteiger partial charge in [-0.1, -0.05) is 27.2 Å². The van der Waals surface area contributed by atoms with Gasteiger partial charge in [-0.05, 0) is 62.7 Å². The van der Waals surface area contributed by atoms with Crippen LogP contribution in [0.2, 0.25) is 0 Å². The predicted molar refractivity (Wildman–Crippen MR) is 85.7 cm³/mol. The number of carbonyl (C=O) groups excluding carboxylic acids is 1.